The van der Waals surface area contributed by atoms with E-state index in [1.807, 2.05) is 35.7 Å². The second-order valence-electron chi connectivity index (χ2n) is 4.93. The molecular weight excluding hydrogens is 296 g/mol. The highest BCUT2D eigenvalue weighted by atomic mass is 32.1. The predicted molar refractivity (Wildman–Crippen MR) is 90.5 cm³/mol. The van der Waals surface area contributed by atoms with Gasteiger partial charge in [-0.25, -0.2) is 4.79 Å². The summed E-state index contributed by atoms with van der Waals surface area (Å²) in [6, 6.07) is 11.8. The maximum absolute atomic E-state index is 11.7. The highest BCUT2D eigenvalue weighted by Crippen LogP contribution is 2.12. The molecule has 1 heterocycles. The lowest BCUT2D eigenvalue weighted by Crippen LogP contribution is -2.36. The summed E-state index contributed by atoms with van der Waals surface area (Å²) >= 11 is 1.71. The summed E-state index contributed by atoms with van der Waals surface area (Å²) in [5, 5.41) is 7.76. The molecule has 0 unspecified atom stereocenters. The third-order valence-corrected chi connectivity index (χ3v) is 4.02. The highest BCUT2D eigenvalue weighted by molar-refractivity contribution is 7.09. The Balaban J connectivity index is 1.65. The van der Waals surface area contributed by atoms with E-state index in [2.05, 4.69) is 23.6 Å². The standard InChI is InChI=1S/C17H22N2O2S/c1-2-11-21-15-7-5-14(6-8-15)13-19-17(20)18-10-9-16-4-3-12-22-16/h3-8,12H,2,9-11,13H2,1H3,(H2,18,19,20). The predicted octanol–water partition coefficient (Wildman–Crippen LogP) is 3.58. The SMILES string of the molecule is CCCOc1ccc(CNC(=O)NCCc2cccs2)cc1. The first-order valence-electron chi connectivity index (χ1n) is 7.53. The molecule has 0 aliphatic rings. The minimum absolute atomic E-state index is 0.136. The van der Waals surface area contributed by atoms with E-state index in [1.54, 1.807) is 11.3 Å². The molecule has 0 aliphatic carbocycles. The van der Waals surface area contributed by atoms with Gasteiger partial charge < -0.3 is 15.4 Å². The van der Waals surface area contributed by atoms with Crippen LogP contribution in [0.5, 0.6) is 5.75 Å². The average Bonchev–Trinajstić information content (AvgIpc) is 3.05. The lowest BCUT2D eigenvalue weighted by atomic mass is 10.2. The molecular formula is C17H22N2O2S. The second kappa shape index (κ2) is 9.10. The fourth-order valence-corrected chi connectivity index (χ4v) is 2.63. The molecule has 0 radical (unpaired) electrons. The minimum atomic E-state index is -0.136. The van der Waals surface area contributed by atoms with Gasteiger partial charge in [0.2, 0.25) is 0 Å². The Hall–Kier alpha value is -2.01. The summed E-state index contributed by atoms with van der Waals surface area (Å²) in [7, 11) is 0. The highest BCUT2D eigenvalue weighted by Gasteiger charge is 2.01. The van der Waals surface area contributed by atoms with Crippen LogP contribution >= 0.6 is 11.3 Å². The zero-order valence-electron chi connectivity index (χ0n) is 12.8. The Bertz CT molecular complexity index is 553. The topological polar surface area (TPSA) is 50.4 Å². The molecule has 0 fully saturated rings. The van der Waals surface area contributed by atoms with Crippen molar-refractivity contribution in [1.29, 1.82) is 0 Å². The van der Waals surface area contributed by atoms with Crippen molar-refractivity contribution in [3.63, 3.8) is 0 Å². The van der Waals surface area contributed by atoms with Crippen LogP contribution in [0, 0.1) is 0 Å². The van der Waals surface area contributed by atoms with E-state index in [0.29, 0.717) is 13.1 Å². The lowest BCUT2D eigenvalue weighted by Gasteiger charge is -2.08. The van der Waals surface area contributed by atoms with Gasteiger partial charge in [-0.3, -0.25) is 0 Å². The normalized spacial score (nSPS) is 10.2. The van der Waals surface area contributed by atoms with Crippen molar-refractivity contribution in [3.05, 3.63) is 52.2 Å². The number of urea groups is 1. The number of hydrogen-bond acceptors (Lipinski definition) is 3. The van der Waals surface area contributed by atoms with Crippen LogP contribution in [0.2, 0.25) is 0 Å². The minimum Gasteiger partial charge on any atom is -0.494 e. The third kappa shape index (κ3) is 5.77. The van der Waals surface area contributed by atoms with E-state index in [9.17, 15) is 4.79 Å². The van der Waals surface area contributed by atoms with E-state index in [1.165, 1.54) is 4.88 Å². The van der Waals surface area contributed by atoms with Crippen molar-refractivity contribution in [3.8, 4) is 5.75 Å². The fourth-order valence-electron chi connectivity index (χ4n) is 1.92. The van der Waals surface area contributed by atoms with Crippen LogP contribution in [-0.4, -0.2) is 19.2 Å². The van der Waals surface area contributed by atoms with E-state index in [0.717, 1.165) is 30.8 Å². The zero-order chi connectivity index (χ0) is 15.6. The molecule has 2 N–H and O–H groups in total. The first-order chi connectivity index (χ1) is 10.8. The van der Waals surface area contributed by atoms with E-state index in [-0.39, 0.29) is 6.03 Å². The summed E-state index contributed by atoms with van der Waals surface area (Å²) in [6.07, 6.45) is 1.86. The summed E-state index contributed by atoms with van der Waals surface area (Å²) in [5.74, 6) is 0.867. The van der Waals surface area contributed by atoms with Gasteiger partial charge in [0, 0.05) is 18.0 Å². The summed E-state index contributed by atoms with van der Waals surface area (Å²) in [4.78, 5) is 13.0. The molecule has 0 spiro atoms. The summed E-state index contributed by atoms with van der Waals surface area (Å²) < 4.78 is 5.53. The molecule has 0 saturated carbocycles. The molecule has 4 nitrogen and oxygen atoms in total. The van der Waals surface area contributed by atoms with Crippen molar-refractivity contribution >= 4 is 17.4 Å². The third-order valence-electron chi connectivity index (χ3n) is 3.09. The van der Waals surface area contributed by atoms with E-state index in [4.69, 9.17) is 4.74 Å². The maximum Gasteiger partial charge on any atom is 0.315 e. The van der Waals surface area contributed by atoms with Gasteiger partial charge in [-0.05, 0) is 42.0 Å². The van der Waals surface area contributed by atoms with Gasteiger partial charge in [0.15, 0.2) is 0 Å². The maximum atomic E-state index is 11.7. The van der Waals surface area contributed by atoms with Gasteiger partial charge in [0.25, 0.3) is 0 Å². The number of ether oxygens (including phenoxy) is 1. The average molecular weight is 318 g/mol. The zero-order valence-corrected chi connectivity index (χ0v) is 13.6. The molecule has 1 aromatic heterocycles. The Morgan fingerprint density at radius 3 is 2.68 bits per heavy atom. The van der Waals surface area contributed by atoms with Crippen LogP contribution in [-0.2, 0) is 13.0 Å². The van der Waals surface area contributed by atoms with Crippen LogP contribution < -0.4 is 15.4 Å². The van der Waals surface area contributed by atoms with Gasteiger partial charge >= 0.3 is 6.03 Å². The van der Waals surface area contributed by atoms with Crippen LogP contribution in [0.25, 0.3) is 0 Å². The quantitative estimate of drug-likeness (QED) is 0.781. The Labute approximate surface area is 135 Å². The number of rotatable bonds is 8. The Morgan fingerprint density at radius 2 is 2.00 bits per heavy atom. The molecule has 22 heavy (non-hydrogen) atoms. The summed E-state index contributed by atoms with van der Waals surface area (Å²) in [5.41, 5.74) is 1.05. The van der Waals surface area contributed by atoms with Crippen molar-refractivity contribution in [2.75, 3.05) is 13.2 Å². The van der Waals surface area contributed by atoms with Gasteiger partial charge in [-0.15, -0.1) is 11.3 Å². The smallest absolute Gasteiger partial charge is 0.315 e. The Morgan fingerprint density at radius 1 is 1.18 bits per heavy atom. The van der Waals surface area contributed by atoms with Crippen molar-refractivity contribution in [2.24, 2.45) is 0 Å². The number of hydrogen-bond donors (Lipinski definition) is 2. The number of benzene rings is 1. The number of amides is 2. The molecule has 1 aromatic carbocycles. The van der Waals surface area contributed by atoms with Crippen LogP contribution in [0.15, 0.2) is 41.8 Å². The van der Waals surface area contributed by atoms with Gasteiger partial charge in [-0.2, -0.15) is 0 Å². The molecule has 2 amide bonds. The number of carbonyl (C=O) groups excluding carboxylic acids is 1. The van der Waals surface area contributed by atoms with Crippen LogP contribution in [0.4, 0.5) is 4.79 Å². The summed E-state index contributed by atoms with van der Waals surface area (Å²) in [6.45, 7) is 3.97. The molecule has 5 heteroatoms. The van der Waals surface area contributed by atoms with Crippen molar-refractivity contribution in [1.82, 2.24) is 10.6 Å². The molecule has 2 aromatic rings. The van der Waals surface area contributed by atoms with Crippen molar-refractivity contribution in [2.45, 2.75) is 26.3 Å². The molecule has 0 saturated heterocycles. The molecule has 2 rings (SSSR count). The first-order valence-corrected chi connectivity index (χ1v) is 8.41. The second-order valence-corrected chi connectivity index (χ2v) is 5.96. The molecule has 0 bridgehead atoms. The number of thiophene rings is 1. The van der Waals surface area contributed by atoms with Gasteiger partial charge in [0.05, 0.1) is 6.61 Å². The molecule has 0 atom stereocenters. The van der Waals surface area contributed by atoms with Crippen molar-refractivity contribution < 1.29 is 9.53 Å². The van der Waals surface area contributed by atoms with Crippen LogP contribution in [0.3, 0.4) is 0 Å². The number of nitrogens with one attached hydrogen (secondary N) is 2. The Kier molecular flexibility index (Phi) is 6.77. The van der Waals surface area contributed by atoms with E-state index < -0.39 is 0 Å². The van der Waals surface area contributed by atoms with Gasteiger partial charge in [0.1, 0.15) is 5.75 Å². The lowest BCUT2D eigenvalue weighted by molar-refractivity contribution is 0.240. The molecule has 118 valence electrons. The first kappa shape index (κ1) is 16.4. The fraction of sp³-hybridized carbons (Fsp3) is 0.353. The number of carbonyl (C=O) groups is 1. The van der Waals surface area contributed by atoms with E-state index >= 15 is 0 Å². The monoisotopic (exact) mass is 318 g/mol. The largest absolute Gasteiger partial charge is 0.494 e. The van der Waals surface area contributed by atoms with Gasteiger partial charge in [-0.1, -0.05) is 25.1 Å². The van der Waals surface area contributed by atoms with Crippen LogP contribution in [0.1, 0.15) is 23.8 Å². The molecule has 0 aliphatic heterocycles.